The van der Waals surface area contributed by atoms with Gasteiger partial charge in [0.15, 0.2) is 5.65 Å². The minimum Gasteiger partial charge on any atom is -0.379 e. The first-order chi connectivity index (χ1) is 11.8. The lowest BCUT2D eigenvalue weighted by Gasteiger charge is -2.28. The van der Waals surface area contributed by atoms with E-state index in [0.717, 1.165) is 42.8 Å². The summed E-state index contributed by atoms with van der Waals surface area (Å²) in [6.07, 6.45) is 14.7. The Morgan fingerprint density at radius 1 is 0.958 bits per heavy atom. The number of nitrogens with two attached hydrogens (primary N) is 1. The van der Waals surface area contributed by atoms with Gasteiger partial charge in [0, 0.05) is 36.6 Å². The molecule has 130 valence electrons. The smallest absolute Gasteiger partial charge is 0.177 e. The molecule has 4 rings (SSSR count). The van der Waals surface area contributed by atoms with Crippen LogP contribution in [0.2, 0.25) is 0 Å². The van der Waals surface area contributed by atoms with Crippen LogP contribution < -0.4 is 16.4 Å². The molecule has 2 aromatic heterocycles. The Bertz CT molecular complexity index is 667. The molecule has 6 nitrogen and oxygen atoms in total. The number of nitrogens with one attached hydrogen (secondary N) is 2. The van der Waals surface area contributed by atoms with Gasteiger partial charge in [-0.25, -0.2) is 9.50 Å². The van der Waals surface area contributed by atoms with Crippen LogP contribution in [0, 0.1) is 0 Å². The molecular weight excluding hydrogens is 300 g/mol. The summed E-state index contributed by atoms with van der Waals surface area (Å²) in [5.74, 6) is 0.930. The zero-order chi connectivity index (χ0) is 16.4. The van der Waals surface area contributed by atoms with Crippen LogP contribution in [0.15, 0.2) is 18.5 Å². The third kappa shape index (κ3) is 3.48. The van der Waals surface area contributed by atoms with Crippen LogP contribution in [-0.4, -0.2) is 32.7 Å². The second-order valence-electron chi connectivity index (χ2n) is 7.37. The summed E-state index contributed by atoms with van der Waals surface area (Å²) >= 11 is 0. The molecule has 2 aromatic rings. The number of hydrogen-bond donors (Lipinski definition) is 3. The molecule has 2 aliphatic carbocycles. The monoisotopic (exact) mass is 328 g/mol. The maximum absolute atomic E-state index is 6.01. The number of fused-ring (bicyclic) bond motifs is 1. The van der Waals surface area contributed by atoms with Crippen LogP contribution >= 0.6 is 0 Å². The average Bonchev–Trinajstić information content (AvgIpc) is 3.07. The van der Waals surface area contributed by atoms with Crippen molar-refractivity contribution in [3.8, 4) is 0 Å². The van der Waals surface area contributed by atoms with Crippen molar-refractivity contribution in [2.24, 2.45) is 5.73 Å². The summed E-state index contributed by atoms with van der Waals surface area (Å²) in [4.78, 5) is 4.48. The molecule has 0 radical (unpaired) electrons. The largest absolute Gasteiger partial charge is 0.379 e. The quantitative estimate of drug-likeness (QED) is 0.803. The molecule has 0 aliphatic heterocycles. The van der Waals surface area contributed by atoms with Crippen molar-refractivity contribution in [2.75, 3.05) is 10.6 Å². The highest BCUT2D eigenvalue weighted by Gasteiger charge is 2.20. The normalized spacial score (nSPS) is 25.7. The fraction of sp³-hybridized carbons (Fsp3) is 0.667. The average molecular weight is 328 g/mol. The highest BCUT2D eigenvalue weighted by Crippen LogP contribution is 2.26. The van der Waals surface area contributed by atoms with Crippen molar-refractivity contribution in [3.05, 3.63) is 18.5 Å². The number of imidazole rings is 1. The van der Waals surface area contributed by atoms with Gasteiger partial charge in [0.05, 0.1) is 5.69 Å². The van der Waals surface area contributed by atoms with Crippen LogP contribution in [0.5, 0.6) is 0 Å². The summed E-state index contributed by atoms with van der Waals surface area (Å²) in [6.45, 7) is 0. The fourth-order valence-corrected chi connectivity index (χ4v) is 4.03. The maximum atomic E-state index is 6.01. The predicted octanol–water partition coefficient (Wildman–Crippen LogP) is 3.16. The van der Waals surface area contributed by atoms with E-state index in [1.807, 2.05) is 16.9 Å². The first-order valence-corrected chi connectivity index (χ1v) is 9.41. The third-order valence-electron chi connectivity index (χ3n) is 5.45. The highest BCUT2D eigenvalue weighted by atomic mass is 15.3. The van der Waals surface area contributed by atoms with E-state index in [0.29, 0.717) is 18.1 Å². The maximum Gasteiger partial charge on any atom is 0.177 e. The fourth-order valence-electron chi connectivity index (χ4n) is 4.03. The Labute approximate surface area is 143 Å². The molecule has 2 saturated carbocycles. The molecular formula is C18H28N6. The minimum absolute atomic E-state index is 0.371. The molecule has 24 heavy (non-hydrogen) atoms. The van der Waals surface area contributed by atoms with Crippen molar-refractivity contribution in [2.45, 2.75) is 75.9 Å². The number of aromatic nitrogens is 3. The van der Waals surface area contributed by atoms with E-state index in [4.69, 9.17) is 5.73 Å². The zero-order valence-corrected chi connectivity index (χ0v) is 14.2. The summed E-state index contributed by atoms with van der Waals surface area (Å²) < 4.78 is 1.88. The number of hydrogen-bond acceptors (Lipinski definition) is 5. The Morgan fingerprint density at radius 2 is 1.71 bits per heavy atom. The van der Waals surface area contributed by atoms with Crippen LogP contribution in [0.25, 0.3) is 5.65 Å². The molecule has 0 bridgehead atoms. The van der Waals surface area contributed by atoms with Gasteiger partial charge in [-0.1, -0.05) is 19.3 Å². The van der Waals surface area contributed by atoms with Crippen molar-refractivity contribution in [1.29, 1.82) is 0 Å². The molecule has 4 N–H and O–H groups in total. The zero-order valence-electron chi connectivity index (χ0n) is 14.2. The van der Waals surface area contributed by atoms with Crippen LogP contribution in [0.4, 0.5) is 11.5 Å². The van der Waals surface area contributed by atoms with E-state index in [9.17, 15) is 0 Å². The molecule has 6 heteroatoms. The summed E-state index contributed by atoms with van der Waals surface area (Å²) in [7, 11) is 0. The molecule has 0 unspecified atom stereocenters. The SMILES string of the molecule is NC1CCC(Nc2cc(NC3CCCCC3)c3nccn3n2)CC1. The first-order valence-electron chi connectivity index (χ1n) is 9.41. The molecule has 0 aromatic carbocycles. The van der Waals surface area contributed by atoms with Gasteiger partial charge >= 0.3 is 0 Å². The van der Waals surface area contributed by atoms with Gasteiger partial charge in [-0.15, -0.1) is 5.10 Å². The van der Waals surface area contributed by atoms with E-state index in [2.05, 4.69) is 26.8 Å². The van der Waals surface area contributed by atoms with Crippen molar-refractivity contribution in [3.63, 3.8) is 0 Å². The van der Waals surface area contributed by atoms with E-state index < -0.39 is 0 Å². The standard InChI is InChI=1S/C18H28N6/c19-13-6-8-15(9-7-13)22-17-12-16(18-20-10-11-24(18)23-17)21-14-4-2-1-3-5-14/h10-15,21H,1-9,19H2,(H,22,23). The van der Waals surface area contributed by atoms with Gasteiger partial charge in [-0.05, 0) is 38.5 Å². The van der Waals surface area contributed by atoms with Crippen molar-refractivity contribution in [1.82, 2.24) is 14.6 Å². The summed E-state index contributed by atoms with van der Waals surface area (Å²) in [5, 5.41) is 12.0. The predicted molar refractivity (Wildman–Crippen MR) is 97.3 cm³/mol. The summed E-state index contributed by atoms with van der Waals surface area (Å²) in [6, 6.07) is 3.53. The van der Waals surface area contributed by atoms with Gasteiger partial charge in [0.2, 0.25) is 0 Å². The Morgan fingerprint density at radius 3 is 2.50 bits per heavy atom. The Kier molecular flexibility index (Phi) is 4.56. The minimum atomic E-state index is 0.371. The lowest BCUT2D eigenvalue weighted by atomic mass is 9.92. The van der Waals surface area contributed by atoms with Gasteiger partial charge in [0.1, 0.15) is 5.82 Å². The van der Waals surface area contributed by atoms with Crippen molar-refractivity contribution >= 4 is 17.2 Å². The molecule has 0 saturated heterocycles. The highest BCUT2D eigenvalue weighted by molar-refractivity contribution is 5.70. The molecule has 2 heterocycles. The molecule has 2 fully saturated rings. The third-order valence-corrected chi connectivity index (χ3v) is 5.45. The molecule has 2 aliphatic rings. The van der Waals surface area contributed by atoms with E-state index in [1.54, 1.807) is 0 Å². The topological polar surface area (TPSA) is 80.3 Å². The lowest BCUT2D eigenvalue weighted by Crippen LogP contribution is -2.33. The Balaban J connectivity index is 1.53. The van der Waals surface area contributed by atoms with Gasteiger partial charge in [0.25, 0.3) is 0 Å². The van der Waals surface area contributed by atoms with E-state index in [1.165, 1.54) is 32.1 Å². The number of anilines is 2. The number of nitrogens with zero attached hydrogens (tertiary/aromatic N) is 3. The van der Waals surface area contributed by atoms with E-state index >= 15 is 0 Å². The lowest BCUT2D eigenvalue weighted by molar-refractivity contribution is 0.410. The number of rotatable bonds is 4. The first kappa shape index (κ1) is 15.7. The summed E-state index contributed by atoms with van der Waals surface area (Å²) in [5.41, 5.74) is 8.02. The van der Waals surface area contributed by atoms with Crippen LogP contribution in [0.1, 0.15) is 57.8 Å². The van der Waals surface area contributed by atoms with Crippen molar-refractivity contribution < 1.29 is 0 Å². The van der Waals surface area contributed by atoms with Gasteiger partial charge in [-0.2, -0.15) is 0 Å². The van der Waals surface area contributed by atoms with Gasteiger partial charge < -0.3 is 16.4 Å². The molecule has 0 spiro atoms. The molecule has 0 amide bonds. The van der Waals surface area contributed by atoms with Gasteiger partial charge in [-0.3, -0.25) is 0 Å². The van der Waals surface area contributed by atoms with E-state index in [-0.39, 0.29) is 0 Å². The second-order valence-corrected chi connectivity index (χ2v) is 7.37. The van der Waals surface area contributed by atoms with Crippen LogP contribution in [-0.2, 0) is 0 Å². The second kappa shape index (κ2) is 6.97. The Hall–Kier alpha value is -1.82. The molecule has 0 atom stereocenters. The van der Waals surface area contributed by atoms with Crippen LogP contribution in [0.3, 0.4) is 0 Å².